The van der Waals surface area contributed by atoms with Gasteiger partial charge in [-0.3, -0.25) is 0 Å². The van der Waals surface area contributed by atoms with Crippen molar-refractivity contribution in [3.8, 4) is 0 Å². The fraction of sp³-hybridized carbons (Fsp3) is 0.643. The molecule has 1 aromatic heterocycles. The number of hydrogen-bond donors (Lipinski definition) is 1. The Hall–Kier alpha value is -1.17. The molecule has 19 heavy (non-hydrogen) atoms. The lowest BCUT2D eigenvalue weighted by Gasteiger charge is -2.31. The molecule has 0 spiro atoms. The number of ether oxygens (including phenoxy) is 2. The van der Waals surface area contributed by atoms with Crippen LogP contribution in [0.5, 0.6) is 0 Å². The molecule has 0 amide bonds. The Kier molecular flexibility index (Phi) is 6.77. The predicted octanol–water partition coefficient (Wildman–Crippen LogP) is 1.62. The lowest BCUT2D eigenvalue weighted by Crippen LogP contribution is -2.40. The van der Waals surface area contributed by atoms with Crippen molar-refractivity contribution < 1.29 is 14.6 Å². The van der Waals surface area contributed by atoms with Gasteiger partial charge < -0.3 is 19.5 Å². The third kappa shape index (κ3) is 4.45. The molecule has 108 valence electrons. The van der Waals surface area contributed by atoms with Crippen molar-refractivity contribution in [2.45, 2.75) is 26.0 Å². The zero-order chi connectivity index (χ0) is 14.3. The van der Waals surface area contributed by atoms with E-state index >= 15 is 0 Å². The Labute approximate surface area is 115 Å². The fourth-order valence-electron chi connectivity index (χ4n) is 2.03. The van der Waals surface area contributed by atoms with E-state index in [-0.39, 0.29) is 6.04 Å². The summed E-state index contributed by atoms with van der Waals surface area (Å²) < 4.78 is 10.4. The Morgan fingerprint density at radius 3 is 2.63 bits per heavy atom. The lowest BCUT2D eigenvalue weighted by molar-refractivity contribution is 0.169. The number of aliphatic hydroxyl groups excluding tert-OH is 1. The van der Waals surface area contributed by atoms with E-state index in [1.807, 2.05) is 12.1 Å². The van der Waals surface area contributed by atoms with Gasteiger partial charge in [-0.15, -0.1) is 0 Å². The van der Waals surface area contributed by atoms with E-state index < -0.39 is 6.10 Å². The first kappa shape index (κ1) is 15.9. The highest BCUT2D eigenvalue weighted by atomic mass is 16.5. The van der Waals surface area contributed by atoms with E-state index in [2.05, 4.69) is 16.8 Å². The summed E-state index contributed by atoms with van der Waals surface area (Å²) in [6, 6.07) is 3.89. The molecule has 5 heteroatoms. The van der Waals surface area contributed by atoms with Crippen LogP contribution >= 0.6 is 0 Å². The molecule has 2 atom stereocenters. The number of nitrogens with zero attached hydrogens (tertiary/aromatic N) is 2. The van der Waals surface area contributed by atoms with Gasteiger partial charge in [0.15, 0.2) is 0 Å². The standard InChI is InChI=1S/C14H24N2O3/c1-11(10-19-4)16(8-9-18-3)14-13(12(2)17)6-5-7-15-14/h5-7,11-12,17H,8-10H2,1-4H3. The summed E-state index contributed by atoms with van der Waals surface area (Å²) in [7, 11) is 3.35. The molecule has 0 fully saturated rings. The number of aromatic nitrogens is 1. The highest BCUT2D eigenvalue weighted by Crippen LogP contribution is 2.25. The van der Waals surface area contributed by atoms with Crippen LogP contribution in [0.1, 0.15) is 25.5 Å². The molecule has 0 aliphatic rings. The molecule has 5 nitrogen and oxygen atoms in total. The number of aliphatic hydroxyl groups is 1. The molecule has 0 aromatic carbocycles. The molecule has 0 saturated heterocycles. The van der Waals surface area contributed by atoms with Crippen molar-refractivity contribution in [2.24, 2.45) is 0 Å². The third-order valence-electron chi connectivity index (χ3n) is 3.02. The van der Waals surface area contributed by atoms with E-state index in [9.17, 15) is 5.11 Å². The Balaban J connectivity index is 3.02. The molecule has 1 N–H and O–H groups in total. The minimum atomic E-state index is -0.552. The number of hydrogen-bond acceptors (Lipinski definition) is 5. The Morgan fingerprint density at radius 1 is 1.32 bits per heavy atom. The average Bonchev–Trinajstić information content (AvgIpc) is 2.40. The van der Waals surface area contributed by atoms with Gasteiger partial charge in [0.05, 0.1) is 25.4 Å². The summed E-state index contributed by atoms with van der Waals surface area (Å²) in [4.78, 5) is 6.52. The van der Waals surface area contributed by atoms with Crippen molar-refractivity contribution in [1.82, 2.24) is 4.98 Å². The van der Waals surface area contributed by atoms with Gasteiger partial charge in [0, 0.05) is 32.5 Å². The molecule has 2 unspecified atom stereocenters. The van der Waals surface area contributed by atoms with Crippen LogP contribution in [0.15, 0.2) is 18.3 Å². The second-order valence-corrected chi connectivity index (χ2v) is 4.58. The zero-order valence-corrected chi connectivity index (χ0v) is 12.2. The van der Waals surface area contributed by atoms with E-state index in [4.69, 9.17) is 9.47 Å². The minimum absolute atomic E-state index is 0.160. The van der Waals surface area contributed by atoms with Gasteiger partial charge in [0.2, 0.25) is 0 Å². The van der Waals surface area contributed by atoms with Crippen LogP contribution in [0.4, 0.5) is 5.82 Å². The van der Waals surface area contributed by atoms with Crippen molar-refractivity contribution in [3.05, 3.63) is 23.9 Å². The van der Waals surface area contributed by atoms with Crippen LogP contribution in [0.3, 0.4) is 0 Å². The first-order chi connectivity index (χ1) is 9.11. The normalized spacial score (nSPS) is 14.2. The van der Waals surface area contributed by atoms with Crippen molar-refractivity contribution in [3.63, 3.8) is 0 Å². The lowest BCUT2D eigenvalue weighted by atomic mass is 10.1. The molecular formula is C14H24N2O3. The maximum Gasteiger partial charge on any atom is 0.134 e. The van der Waals surface area contributed by atoms with Crippen LogP contribution in [0, 0.1) is 0 Å². The monoisotopic (exact) mass is 268 g/mol. The van der Waals surface area contributed by atoms with Gasteiger partial charge >= 0.3 is 0 Å². The summed E-state index contributed by atoms with van der Waals surface area (Å²) in [6.07, 6.45) is 1.18. The first-order valence-electron chi connectivity index (χ1n) is 6.49. The first-order valence-corrected chi connectivity index (χ1v) is 6.49. The maximum atomic E-state index is 9.86. The average molecular weight is 268 g/mol. The highest BCUT2D eigenvalue weighted by molar-refractivity contribution is 5.48. The molecular weight excluding hydrogens is 244 g/mol. The maximum absolute atomic E-state index is 9.86. The fourth-order valence-corrected chi connectivity index (χ4v) is 2.03. The van der Waals surface area contributed by atoms with E-state index in [0.29, 0.717) is 19.8 Å². The van der Waals surface area contributed by atoms with Crippen molar-refractivity contribution in [2.75, 3.05) is 38.9 Å². The summed E-state index contributed by atoms with van der Waals surface area (Å²) >= 11 is 0. The quantitative estimate of drug-likeness (QED) is 0.776. The molecule has 1 heterocycles. The highest BCUT2D eigenvalue weighted by Gasteiger charge is 2.20. The molecule has 1 rings (SSSR count). The Morgan fingerprint density at radius 2 is 2.05 bits per heavy atom. The molecule has 0 bridgehead atoms. The summed E-state index contributed by atoms with van der Waals surface area (Å²) in [6.45, 7) is 5.72. The SMILES string of the molecule is COCCN(c1ncccc1C(C)O)C(C)COC. The molecule has 0 saturated carbocycles. The number of methoxy groups -OCH3 is 2. The van der Waals surface area contributed by atoms with Gasteiger partial charge in [0.25, 0.3) is 0 Å². The van der Waals surface area contributed by atoms with Gasteiger partial charge in [-0.25, -0.2) is 4.98 Å². The van der Waals surface area contributed by atoms with E-state index in [0.717, 1.165) is 11.4 Å². The van der Waals surface area contributed by atoms with Crippen LogP contribution < -0.4 is 4.90 Å². The van der Waals surface area contributed by atoms with Gasteiger partial charge in [0.1, 0.15) is 5.82 Å². The van der Waals surface area contributed by atoms with Crippen molar-refractivity contribution >= 4 is 5.82 Å². The molecule has 1 aromatic rings. The van der Waals surface area contributed by atoms with Crippen LogP contribution in [-0.4, -0.2) is 50.1 Å². The zero-order valence-electron chi connectivity index (χ0n) is 12.2. The number of rotatable bonds is 8. The van der Waals surface area contributed by atoms with Gasteiger partial charge in [-0.2, -0.15) is 0 Å². The topological polar surface area (TPSA) is 54.8 Å². The summed E-state index contributed by atoms with van der Waals surface area (Å²) in [5, 5.41) is 9.86. The van der Waals surface area contributed by atoms with E-state index in [1.54, 1.807) is 27.3 Å². The summed E-state index contributed by atoms with van der Waals surface area (Å²) in [5.74, 6) is 0.791. The van der Waals surface area contributed by atoms with Gasteiger partial charge in [-0.05, 0) is 19.9 Å². The predicted molar refractivity (Wildman–Crippen MR) is 75.4 cm³/mol. The van der Waals surface area contributed by atoms with Crippen LogP contribution in [0.25, 0.3) is 0 Å². The number of anilines is 1. The van der Waals surface area contributed by atoms with Crippen LogP contribution in [-0.2, 0) is 9.47 Å². The Bertz CT molecular complexity index is 371. The van der Waals surface area contributed by atoms with Gasteiger partial charge in [-0.1, -0.05) is 6.07 Å². The molecule has 0 aliphatic heterocycles. The summed E-state index contributed by atoms with van der Waals surface area (Å²) in [5.41, 5.74) is 0.821. The van der Waals surface area contributed by atoms with Crippen LogP contribution in [0.2, 0.25) is 0 Å². The third-order valence-corrected chi connectivity index (χ3v) is 3.02. The second-order valence-electron chi connectivity index (χ2n) is 4.58. The van der Waals surface area contributed by atoms with E-state index in [1.165, 1.54) is 0 Å². The second kappa shape index (κ2) is 8.09. The minimum Gasteiger partial charge on any atom is -0.389 e. The van der Waals surface area contributed by atoms with Crippen molar-refractivity contribution in [1.29, 1.82) is 0 Å². The largest absolute Gasteiger partial charge is 0.389 e. The molecule has 0 radical (unpaired) electrons. The molecule has 0 aliphatic carbocycles. The number of pyridine rings is 1. The smallest absolute Gasteiger partial charge is 0.134 e.